The first-order chi connectivity index (χ1) is 15.1. The standard InChI is InChI=1S/C25H35N3O3S/c1-18-6-8-22(9-7-18)16-28(17-24(29)26-23-10-12-27(5)13-11-23)32(30,31)25-20(3)14-19(2)15-21(25)4/h6-9,14-15,23H,10-13,16-17H2,1-5H3,(H,26,29). The molecule has 0 radical (unpaired) electrons. The average Bonchev–Trinajstić information content (AvgIpc) is 2.70. The van der Waals surface area contributed by atoms with E-state index >= 15 is 0 Å². The summed E-state index contributed by atoms with van der Waals surface area (Å²) in [4.78, 5) is 15.4. The van der Waals surface area contributed by atoms with Gasteiger partial charge in [0.1, 0.15) is 0 Å². The summed E-state index contributed by atoms with van der Waals surface area (Å²) < 4.78 is 28.8. The molecule has 0 atom stereocenters. The number of amides is 1. The minimum absolute atomic E-state index is 0.0884. The monoisotopic (exact) mass is 457 g/mol. The molecule has 2 aromatic rings. The van der Waals surface area contributed by atoms with Gasteiger partial charge in [-0.3, -0.25) is 4.79 Å². The van der Waals surface area contributed by atoms with Gasteiger partial charge < -0.3 is 10.2 Å². The van der Waals surface area contributed by atoms with Gasteiger partial charge in [0, 0.05) is 12.6 Å². The van der Waals surface area contributed by atoms with Crippen molar-refractivity contribution in [2.45, 2.75) is 58.0 Å². The molecular formula is C25H35N3O3S. The van der Waals surface area contributed by atoms with Crippen LogP contribution in [0.5, 0.6) is 0 Å². The molecule has 32 heavy (non-hydrogen) atoms. The summed E-state index contributed by atoms with van der Waals surface area (Å²) in [5.41, 5.74) is 4.38. The Kier molecular flexibility index (Phi) is 7.75. The lowest BCUT2D eigenvalue weighted by molar-refractivity contribution is -0.122. The Morgan fingerprint density at radius 2 is 1.56 bits per heavy atom. The predicted octanol–water partition coefficient (Wildman–Crippen LogP) is 3.32. The molecule has 3 rings (SSSR count). The summed E-state index contributed by atoms with van der Waals surface area (Å²) in [6.07, 6.45) is 1.76. The number of rotatable bonds is 7. The van der Waals surface area contributed by atoms with Crippen molar-refractivity contribution in [3.05, 3.63) is 64.2 Å². The van der Waals surface area contributed by atoms with Gasteiger partial charge in [-0.05, 0) is 77.4 Å². The maximum absolute atomic E-state index is 13.8. The van der Waals surface area contributed by atoms with Gasteiger partial charge in [-0.1, -0.05) is 47.5 Å². The van der Waals surface area contributed by atoms with Crippen molar-refractivity contribution in [3.8, 4) is 0 Å². The highest BCUT2D eigenvalue weighted by Gasteiger charge is 2.30. The van der Waals surface area contributed by atoms with Crippen LogP contribution in [-0.4, -0.2) is 56.3 Å². The average molecular weight is 458 g/mol. The fraction of sp³-hybridized carbons (Fsp3) is 0.480. The Labute approximate surface area is 192 Å². The SMILES string of the molecule is Cc1ccc(CN(CC(=O)NC2CCN(C)CC2)S(=O)(=O)c2c(C)cc(C)cc2C)cc1. The Bertz CT molecular complexity index is 1030. The second-order valence-electron chi connectivity index (χ2n) is 9.13. The maximum Gasteiger partial charge on any atom is 0.244 e. The zero-order valence-electron chi connectivity index (χ0n) is 19.8. The molecule has 0 aromatic heterocycles. The fourth-order valence-corrected chi connectivity index (χ4v) is 6.21. The first kappa shape index (κ1) is 24.4. The number of hydrogen-bond acceptors (Lipinski definition) is 4. The van der Waals surface area contributed by atoms with Crippen molar-refractivity contribution in [1.29, 1.82) is 0 Å². The molecule has 2 aromatic carbocycles. The molecular weight excluding hydrogens is 422 g/mol. The van der Waals surface area contributed by atoms with Crippen LogP contribution in [0.4, 0.5) is 0 Å². The van der Waals surface area contributed by atoms with Crippen LogP contribution in [0.15, 0.2) is 41.3 Å². The van der Waals surface area contributed by atoms with E-state index in [1.807, 2.05) is 64.1 Å². The highest BCUT2D eigenvalue weighted by atomic mass is 32.2. The van der Waals surface area contributed by atoms with Crippen LogP contribution in [0.3, 0.4) is 0 Å². The van der Waals surface area contributed by atoms with Gasteiger partial charge in [0.25, 0.3) is 0 Å². The Balaban J connectivity index is 1.88. The predicted molar refractivity (Wildman–Crippen MR) is 128 cm³/mol. The third-order valence-electron chi connectivity index (χ3n) is 6.09. The van der Waals surface area contributed by atoms with Gasteiger partial charge in [0.2, 0.25) is 15.9 Å². The first-order valence-electron chi connectivity index (χ1n) is 11.2. The molecule has 1 aliphatic heterocycles. The molecule has 0 spiro atoms. The number of hydrogen-bond donors (Lipinski definition) is 1. The van der Waals surface area contributed by atoms with Gasteiger partial charge in [0.15, 0.2) is 0 Å². The van der Waals surface area contributed by atoms with Crippen molar-refractivity contribution >= 4 is 15.9 Å². The van der Waals surface area contributed by atoms with Crippen molar-refractivity contribution in [1.82, 2.24) is 14.5 Å². The van der Waals surface area contributed by atoms with Crippen LogP contribution >= 0.6 is 0 Å². The lowest BCUT2D eigenvalue weighted by Gasteiger charge is -2.30. The second-order valence-corrected chi connectivity index (χ2v) is 11.0. The van der Waals surface area contributed by atoms with E-state index in [0.29, 0.717) is 16.0 Å². The number of sulfonamides is 1. The molecule has 1 saturated heterocycles. The fourth-order valence-electron chi connectivity index (χ4n) is 4.41. The number of nitrogens with zero attached hydrogens (tertiary/aromatic N) is 2. The van der Waals surface area contributed by atoms with Gasteiger partial charge in [-0.2, -0.15) is 4.31 Å². The summed E-state index contributed by atoms with van der Waals surface area (Å²) in [5.74, 6) is -0.252. The quantitative estimate of drug-likeness (QED) is 0.693. The number of carbonyl (C=O) groups excluding carboxylic acids is 1. The summed E-state index contributed by atoms with van der Waals surface area (Å²) in [6.45, 7) is 9.38. The highest BCUT2D eigenvalue weighted by Crippen LogP contribution is 2.26. The maximum atomic E-state index is 13.8. The molecule has 1 amide bonds. The third kappa shape index (κ3) is 5.97. The number of aryl methyl sites for hydroxylation is 4. The van der Waals surface area contributed by atoms with E-state index in [0.717, 1.165) is 42.6 Å². The number of likely N-dealkylation sites (tertiary alicyclic amines) is 1. The lowest BCUT2D eigenvalue weighted by atomic mass is 10.1. The van der Waals surface area contributed by atoms with E-state index < -0.39 is 10.0 Å². The third-order valence-corrected chi connectivity index (χ3v) is 8.18. The van der Waals surface area contributed by atoms with E-state index in [1.54, 1.807) is 0 Å². The molecule has 174 valence electrons. The molecule has 6 nitrogen and oxygen atoms in total. The molecule has 7 heteroatoms. The second kappa shape index (κ2) is 10.1. The van der Waals surface area contributed by atoms with E-state index in [9.17, 15) is 13.2 Å². The van der Waals surface area contributed by atoms with Crippen LogP contribution in [-0.2, 0) is 21.4 Å². The molecule has 1 N–H and O–H groups in total. The number of piperidine rings is 1. The minimum Gasteiger partial charge on any atom is -0.352 e. The molecule has 1 heterocycles. The summed E-state index contributed by atoms with van der Waals surface area (Å²) in [5, 5.41) is 3.05. The topological polar surface area (TPSA) is 69.7 Å². The van der Waals surface area contributed by atoms with E-state index in [-0.39, 0.29) is 25.0 Å². The zero-order valence-corrected chi connectivity index (χ0v) is 20.6. The van der Waals surface area contributed by atoms with E-state index in [1.165, 1.54) is 4.31 Å². The van der Waals surface area contributed by atoms with Crippen molar-refractivity contribution in [2.24, 2.45) is 0 Å². The summed E-state index contributed by atoms with van der Waals surface area (Å²) >= 11 is 0. The highest BCUT2D eigenvalue weighted by molar-refractivity contribution is 7.89. The zero-order chi connectivity index (χ0) is 23.5. The minimum atomic E-state index is -3.87. The van der Waals surface area contributed by atoms with Crippen molar-refractivity contribution in [2.75, 3.05) is 26.7 Å². The summed E-state index contributed by atoms with van der Waals surface area (Å²) in [7, 11) is -1.80. The van der Waals surface area contributed by atoms with Gasteiger partial charge in [0.05, 0.1) is 11.4 Å². The van der Waals surface area contributed by atoms with Crippen LogP contribution in [0.1, 0.15) is 40.7 Å². The number of carbonyl (C=O) groups is 1. The van der Waals surface area contributed by atoms with Gasteiger partial charge in [-0.25, -0.2) is 8.42 Å². The first-order valence-corrected chi connectivity index (χ1v) is 12.6. The molecule has 0 bridgehead atoms. The van der Waals surface area contributed by atoms with E-state index in [4.69, 9.17) is 0 Å². The molecule has 0 saturated carbocycles. The smallest absolute Gasteiger partial charge is 0.244 e. The number of nitrogens with one attached hydrogen (secondary N) is 1. The normalized spacial score (nSPS) is 15.8. The van der Waals surface area contributed by atoms with Crippen LogP contribution in [0, 0.1) is 27.7 Å². The van der Waals surface area contributed by atoms with Crippen LogP contribution < -0.4 is 5.32 Å². The van der Waals surface area contributed by atoms with Crippen LogP contribution in [0.2, 0.25) is 0 Å². The van der Waals surface area contributed by atoms with Gasteiger partial charge >= 0.3 is 0 Å². The van der Waals surface area contributed by atoms with E-state index in [2.05, 4.69) is 17.3 Å². The molecule has 0 unspecified atom stereocenters. The molecule has 1 aliphatic rings. The molecule has 0 aliphatic carbocycles. The molecule has 1 fully saturated rings. The lowest BCUT2D eigenvalue weighted by Crippen LogP contribution is -2.47. The van der Waals surface area contributed by atoms with Crippen molar-refractivity contribution in [3.63, 3.8) is 0 Å². The Morgan fingerprint density at radius 1 is 1.00 bits per heavy atom. The number of benzene rings is 2. The van der Waals surface area contributed by atoms with Gasteiger partial charge in [-0.15, -0.1) is 0 Å². The van der Waals surface area contributed by atoms with Crippen molar-refractivity contribution < 1.29 is 13.2 Å². The Hall–Kier alpha value is -2.22. The Morgan fingerprint density at radius 3 is 2.12 bits per heavy atom. The summed E-state index contributed by atoms with van der Waals surface area (Å²) in [6, 6.07) is 11.6. The van der Waals surface area contributed by atoms with Crippen LogP contribution in [0.25, 0.3) is 0 Å². The largest absolute Gasteiger partial charge is 0.352 e.